The van der Waals surface area contributed by atoms with Crippen molar-refractivity contribution in [1.29, 1.82) is 0 Å². The lowest BCUT2D eigenvalue weighted by molar-refractivity contribution is 0.0523. The normalized spacial score (nSPS) is 11.6. The third-order valence-corrected chi connectivity index (χ3v) is 4.67. The molecule has 0 radical (unpaired) electrons. The summed E-state index contributed by atoms with van der Waals surface area (Å²) in [5, 5.41) is 14.6. The highest BCUT2D eigenvalue weighted by atomic mass is 35.5. The third kappa shape index (κ3) is 4.18. The molecule has 0 bridgehead atoms. The number of H-pyrrole nitrogens is 1. The first kappa shape index (κ1) is 20.3. The quantitative estimate of drug-likeness (QED) is 0.515. The summed E-state index contributed by atoms with van der Waals surface area (Å²) < 4.78 is 5.31. The molecule has 0 atom stereocenters. The second-order valence-corrected chi connectivity index (χ2v) is 8.27. The Kier molecular flexibility index (Phi) is 5.46. The minimum atomic E-state index is -0.609. The lowest BCUT2D eigenvalue weighted by atomic mass is 9.95. The molecule has 0 aliphatic rings. The van der Waals surface area contributed by atoms with Crippen LogP contribution in [0, 0.1) is 6.92 Å². The van der Waals surface area contributed by atoms with E-state index in [0.29, 0.717) is 37.8 Å². The maximum Gasteiger partial charge on any atom is 0.407 e. The summed E-state index contributed by atoms with van der Waals surface area (Å²) in [4.78, 5) is 19.4. The molecule has 1 aromatic carbocycles. The molecule has 6 nitrogen and oxygen atoms in total. The molecule has 0 spiro atoms. The van der Waals surface area contributed by atoms with Gasteiger partial charge in [-0.15, -0.1) is 0 Å². The second kappa shape index (κ2) is 7.53. The van der Waals surface area contributed by atoms with Crippen LogP contribution in [0.2, 0.25) is 10.0 Å². The molecule has 2 aromatic heterocycles. The highest BCUT2D eigenvalue weighted by molar-refractivity contribution is 6.36. The predicted octanol–water partition coefficient (Wildman–Crippen LogP) is 5.58. The summed E-state index contributed by atoms with van der Waals surface area (Å²) in [5.41, 5.74) is 2.76. The van der Waals surface area contributed by atoms with Gasteiger partial charge in [-0.3, -0.25) is 4.98 Å². The molecule has 0 saturated heterocycles. The van der Waals surface area contributed by atoms with Gasteiger partial charge in [-0.2, -0.15) is 0 Å². The Labute approximate surface area is 172 Å². The number of hydrogen-bond acceptors (Lipinski definition) is 4. The Morgan fingerprint density at radius 2 is 2.04 bits per heavy atom. The van der Waals surface area contributed by atoms with Crippen molar-refractivity contribution in [3.05, 3.63) is 45.7 Å². The fourth-order valence-corrected chi connectivity index (χ4v) is 3.50. The molecular weight excluding hydrogens is 401 g/mol. The molecule has 0 saturated carbocycles. The first-order valence-electron chi connectivity index (χ1n) is 8.68. The molecule has 0 unspecified atom stereocenters. The van der Waals surface area contributed by atoms with Gasteiger partial charge in [0.2, 0.25) is 0 Å². The van der Waals surface area contributed by atoms with Gasteiger partial charge in [-0.05, 0) is 39.8 Å². The van der Waals surface area contributed by atoms with Crippen molar-refractivity contribution >= 4 is 40.2 Å². The van der Waals surface area contributed by atoms with Crippen LogP contribution in [0.3, 0.4) is 0 Å². The van der Waals surface area contributed by atoms with E-state index in [1.54, 1.807) is 45.2 Å². The minimum absolute atomic E-state index is 0.0259. The van der Waals surface area contributed by atoms with Gasteiger partial charge < -0.3 is 20.1 Å². The molecule has 0 aliphatic carbocycles. The largest absolute Gasteiger partial charge is 0.494 e. The van der Waals surface area contributed by atoms with Crippen LogP contribution in [-0.2, 0) is 11.3 Å². The Morgan fingerprint density at radius 1 is 1.32 bits per heavy atom. The van der Waals surface area contributed by atoms with Crippen molar-refractivity contribution < 1.29 is 14.6 Å². The van der Waals surface area contributed by atoms with Crippen LogP contribution < -0.4 is 5.32 Å². The number of nitrogens with one attached hydrogen (secondary N) is 2. The average Bonchev–Trinajstić information content (AvgIpc) is 2.92. The Bertz CT molecular complexity index is 1060. The number of aromatic nitrogens is 2. The highest BCUT2D eigenvalue weighted by Crippen LogP contribution is 2.41. The minimum Gasteiger partial charge on any atom is -0.494 e. The van der Waals surface area contributed by atoms with Crippen molar-refractivity contribution in [3.8, 4) is 17.0 Å². The first-order valence-corrected chi connectivity index (χ1v) is 9.44. The molecule has 3 N–H and O–H groups in total. The summed E-state index contributed by atoms with van der Waals surface area (Å²) in [6.45, 7) is 7.37. The van der Waals surface area contributed by atoms with Crippen LogP contribution in [0.5, 0.6) is 5.88 Å². The van der Waals surface area contributed by atoms with Crippen LogP contribution in [0.15, 0.2) is 24.4 Å². The maximum atomic E-state index is 12.1. The number of amides is 1. The van der Waals surface area contributed by atoms with Crippen LogP contribution >= 0.6 is 23.2 Å². The lowest BCUT2D eigenvalue weighted by Gasteiger charge is -2.21. The molecule has 3 rings (SSSR count). The fraction of sp³-hybridized carbons (Fsp3) is 0.300. The van der Waals surface area contributed by atoms with Gasteiger partial charge in [0.1, 0.15) is 5.60 Å². The number of fused-ring (bicyclic) bond motifs is 1. The van der Waals surface area contributed by atoms with E-state index in [9.17, 15) is 9.90 Å². The van der Waals surface area contributed by atoms with Crippen molar-refractivity contribution in [1.82, 2.24) is 15.3 Å². The van der Waals surface area contributed by atoms with Crippen LogP contribution in [-0.4, -0.2) is 26.8 Å². The number of pyridine rings is 1. The van der Waals surface area contributed by atoms with E-state index in [-0.39, 0.29) is 12.4 Å². The lowest BCUT2D eigenvalue weighted by Crippen LogP contribution is -2.32. The van der Waals surface area contributed by atoms with E-state index in [1.165, 1.54) is 0 Å². The van der Waals surface area contributed by atoms with Crippen LogP contribution in [0.4, 0.5) is 4.79 Å². The van der Waals surface area contributed by atoms with Gasteiger partial charge in [0.25, 0.3) is 0 Å². The van der Waals surface area contributed by atoms with Gasteiger partial charge in [-0.25, -0.2) is 4.79 Å². The number of nitrogens with zero attached hydrogens (tertiary/aromatic N) is 1. The molecule has 148 valence electrons. The van der Waals surface area contributed by atoms with Gasteiger partial charge in [0.05, 0.1) is 10.9 Å². The SMILES string of the molecule is Cc1nc2c[nH]c(O)c2c(-c2ccc(Cl)cc2Cl)c1CNC(=O)OC(C)(C)C. The number of hydrogen-bond donors (Lipinski definition) is 3. The topological polar surface area (TPSA) is 87.2 Å². The Morgan fingerprint density at radius 3 is 2.68 bits per heavy atom. The number of rotatable bonds is 3. The van der Waals surface area contributed by atoms with Gasteiger partial charge >= 0.3 is 6.09 Å². The average molecular weight is 422 g/mol. The number of halogens is 2. The fourth-order valence-electron chi connectivity index (χ4n) is 3.00. The Balaban J connectivity index is 2.12. The number of carbonyl (C=O) groups excluding carboxylic acids is 1. The summed E-state index contributed by atoms with van der Waals surface area (Å²) in [6, 6.07) is 5.14. The van der Waals surface area contributed by atoms with Crippen molar-refractivity contribution in [2.45, 2.75) is 39.8 Å². The molecule has 3 aromatic rings. The summed E-state index contributed by atoms with van der Waals surface area (Å²) in [7, 11) is 0. The highest BCUT2D eigenvalue weighted by Gasteiger charge is 2.22. The maximum absolute atomic E-state index is 12.1. The molecule has 28 heavy (non-hydrogen) atoms. The number of ether oxygens (including phenoxy) is 1. The molecule has 8 heteroatoms. The van der Waals surface area contributed by atoms with Crippen molar-refractivity contribution in [2.75, 3.05) is 0 Å². The molecular formula is C20H21Cl2N3O3. The molecule has 2 heterocycles. The summed E-state index contributed by atoms with van der Waals surface area (Å²) >= 11 is 12.5. The third-order valence-electron chi connectivity index (χ3n) is 4.12. The number of aromatic hydroxyl groups is 1. The Hall–Kier alpha value is -2.44. The standard InChI is InChI=1S/C20H21Cl2N3O3/c1-10-13(8-24-19(27)28-20(2,3)4)16(12-6-5-11(21)7-14(12)22)17-15(25-10)9-23-18(17)26/h5-7,9,23,26H,8H2,1-4H3,(H,24,27). The zero-order valence-electron chi connectivity index (χ0n) is 16.0. The molecule has 1 amide bonds. The van der Waals surface area contributed by atoms with E-state index in [1.807, 2.05) is 6.92 Å². The van der Waals surface area contributed by atoms with Crippen LogP contribution in [0.1, 0.15) is 32.0 Å². The van der Waals surface area contributed by atoms with Crippen molar-refractivity contribution in [3.63, 3.8) is 0 Å². The smallest absolute Gasteiger partial charge is 0.407 e. The van der Waals surface area contributed by atoms with Gasteiger partial charge in [0.15, 0.2) is 5.88 Å². The summed E-state index contributed by atoms with van der Waals surface area (Å²) in [5.74, 6) is -0.0259. The zero-order chi connectivity index (χ0) is 20.6. The zero-order valence-corrected chi connectivity index (χ0v) is 17.5. The molecule has 0 aliphatic heterocycles. The number of aryl methyl sites for hydroxylation is 1. The van der Waals surface area contributed by atoms with E-state index in [2.05, 4.69) is 15.3 Å². The van der Waals surface area contributed by atoms with Crippen molar-refractivity contribution in [2.24, 2.45) is 0 Å². The monoisotopic (exact) mass is 421 g/mol. The summed E-state index contributed by atoms with van der Waals surface area (Å²) in [6.07, 6.45) is 1.08. The van der Waals surface area contributed by atoms with E-state index < -0.39 is 11.7 Å². The number of carbonyl (C=O) groups is 1. The van der Waals surface area contributed by atoms with E-state index in [0.717, 1.165) is 5.56 Å². The number of benzene rings is 1. The molecule has 0 fully saturated rings. The van der Waals surface area contributed by atoms with E-state index >= 15 is 0 Å². The first-order chi connectivity index (χ1) is 13.1. The number of aromatic amines is 1. The van der Waals surface area contributed by atoms with Crippen LogP contribution in [0.25, 0.3) is 22.0 Å². The van der Waals surface area contributed by atoms with Gasteiger partial charge in [-0.1, -0.05) is 29.3 Å². The van der Waals surface area contributed by atoms with E-state index in [4.69, 9.17) is 27.9 Å². The number of alkyl carbamates (subject to hydrolysis) is 1. The second-order valence-electron chi connectivity index (χ2n) is 7.43. The van der Waals surface area contributed by atoms with Gasteiger partial charge in [0, 0.05) is 45.2 Å². The predicted molar refractivity (Wildman–Crippen MR) is 111 cm³/mol.